The van der Waals surface area contributed by atoms with Crippen molar-refractivity contribution in [3.05, 3.63) is 89.0 Å². The summed E-state index contributed by atoms with van der Waals surface area (Å²) in [5.41, 5.74) is 2.16. The van der Waals surface area contributed by atoms with Crippen LogP contribution >= 0.6 is 0 Å². The van der Waals surface area contributed by atoms with Crippen LogP contribution in [0.15, 0.2) is 66.7 Å². The van der Waals surface area contributed by atoms with Gasteiger partial charge in [0.2, 0.25) is 11.5 Å². The van der Waals surface area contributed by atoms with Crippen molar-refractivity contribution in [2.45, 2.75) is 50.5 Å². The summed E-state index contributed by atoms with van der Waals surface area (Å²) in [7, 11) is 10.6. The minimum Gasteiger partial charge on any atom is -0.497 e. The van der Waals surface area contributed by atoms with Gasteiger partial charge >= 0.3 is 11.9 Å². The van der Waals surface area contributed by atoms with E-state index in [1.165, 1.54) is 56.5 Å². The third-order valence-electron chi connectivity index (χ3n) is 9.44. The first-order valence-electron chi connectivity index (χ1n) is 17.3. The molecule has 0 N–H and O–H groups in total. The van der Waals surface area contributed by atoms with Gasteiger partial charge in [0.25, 0.3) is 0 Å². The second-order valence-electron chi connectivity index (χ2n) is 12.5. The number of benzene rings is 4. The van der Waals surface area contributed by atoms with Gasteiger partial charge < -0.3 is 56.8 Å². The number of rotatable bonds is 13. The first-order chi connectivity index (χ1) is 26.6. The second kappa shape index (κ2) is 16.6. The van der Waals surface area contributed by atoms with E-state index in [1.54, 1.807) is 61.7 Å². The molecule has 0 bridgehead atoms. The standard InChI is InChI=1S/C41H44O14/c1-21(42)51-40-32(23-10-13-25(44-3)14-11-23)53-34-26(15-18-29(46-5)38(34)49-8)36(40)55-37-27-16-19-30(47-6)39(50-9)35(27)54-33(41(37)52-22(2)43)24-12-17-28(45-4)31(20-24)48-7/h10-20,32-33,36-37,40-41H,1-9H3. The third-order valence-corrected chi connectivity index (χ3v) is 9.44. The summed E-state index contributed by atoms with van der Waals surface area (Å²) in [5, 5.41) is 0. The average molecular weight is 761 g/mol. The maximum Gasteiger partial charge on any atom is 0.303 e. The van der Waals surface area contributed by atoms with Crippen LogP contribution in [0, 0.1) is 0 Å². The van der Waals surface area contributed by atoms with E-state index >= 15 is 0 Å². The number of fused-ring (bicyclic) bond motifs is 2. The van der Waals surface area contributed by atoms with Crippen LogP contribution in [0.1, 0.15) is 60.5 Å². The average Bonchev–Trinajstić information content (AvgIpc) is 3.20. The van der Waals surface area contributed by atoms with Crippen molar-refractivity contribution in [3.8, 4) is 51.7 Å². The van der Waals surface area contributed by atoms with Crippen LogP contribution in [0.3, 0.4) is 0 Å². The predicted molar refractivity (Wildman–Crippen MR) is 196 cm³/mol. The maximum atomic E-state index is 13.0. The van der Waals surface area contributed by atoms with E-state index in [9.17, 15) is 9.59 Å². The Hall–Kier alpha value is -6.02. The zero-order chi connectivity index (χ0) is 39.4. The Balaban J connectivity index is 1.60. The highest BCUT2D eigenvalue weighted by atomic mass is 16.6. The van der Waals surface area contributed by atoms with Gasteiger partial charge in [-0.25, -0.2) is 0 Å². The molecule has 4 aromatic rings. The normalized spacial score (nSPS) is 21.0. The topological polar surface area (TPSA) is 145 Å². The minimum absolute atomic E-state index is 0.283. The van der Waals surface area contributed by atoms with E-state index < -0.39 is 48.6 Å². The van der Waals surface area contributed by atoms with Gasteiger partial charge in [-0.1, -0.05) is 18.2 Å². The van der Waals surface area contributed by atoms with Gasteiger partial charge in [0.15, 0.2) is 58.9 Å². The second-order valence-corrected chi connectivity index (χ2v) is 12.5. The van der Waals surface area contributed by atoms with Gasteiger partial charge in [0.1, 0.15) is 18.0 Å². The lowest BCUT2D eigenvalue weighted by Gasteiger charge is -2.44. The van der Waals surface area contributed by atoms with E-state index in [1.807, 2.05) is 12.1 Å². The predicted octanol–water partition coefficient (Wildman–Crippen LogP) is 6.68. The van der Waals surface area contributed by atoms with Crippen LogP contribution in [-0.4, -0.2) is 73.9 Å². The van der Waals surface area contributed by atoms with E-state index in [2.05, 4.69) is 0 Å². The van der Waals surface area contributed by atoms with Gasteiger partial charge in [0, 0.05) is 30.5 Å². The number of carbonyl (C=O) groups is 2. The molecule has 2 aliphatic heterocycles. The molecular weight excluding hydrogens is 716 g/mol. The van der Waals surface area contributed by atoms with E-state index in [0.29, 0.717) is 62.5 Å². The molecule has 14 nitrogen and oxygen atoms in total. The fourth-order valence-corrected chi connectivity index (χ4v) is 7.01. The lowest BCUT2D eigenvalue weighted by molar-refractivity contribution is -0.203. The summed E-state index contributed by atoms with van der Waals surface area (Å²) in [4.78, 5) is 25.9. The van der Waals surface area contributed by atoms with Crippen molar-refractivity contribution >= 4 is 11.9 Å². The minimum atomic E-state index is -1.12. The number of methoxy groups -OCH3 is 7. The Labute approximate surface area is 318 Å². The Morgan fingerprint density at radius 2 is 0.927 bits per heavy atom. The lowest BCUT2D eigenvalue weighted by Crippen LogP contribution is -2.44. The number of carbonyl (C=O) groups excluding carboxylic acids is 2. The fourth-order valence-electron chi connectivity index (χ4n) is 7.01. The summed E-state index contributed by atoms with van der Waals surface area (Å²) >= 11 is 0. The molecule has 292 valence electrons. The lowest BCUT2D eigenvalue weighted by atomic mass is 9.88. The molecule has 2 aliphatic rings. The molecule has 0 spiro atoms. The van der Waals surface area contributed by atoms with Crippen LogP contribution in [0.25, 0.3) is 0 Å². The van der Waals surface area contributed by atoms with E-state index in [0.717, 1.165) is 0 Å². The van der Waals surface area contributed by atoms with Crippen molar-refractivity contribution in [1.29, 1.82) is 0 Å². The van der Waals surface area contributed by atoms with Crippen LogP contribution in [0.2, 0.25) is 0 Å². The highest BCUT2D eigenvalue weighted by Gasteiger charge is 2.51. The smallest absolute Gasteiger partial charge is 0.303 e. The first-order valence-corrected chi connectivity index (χ1v) is 17.3. The van der Waals surface area contributed by atoms with Crippen molar-refractivity contribution in [1.82, 2.24) is 0 Å². The van der Waals surface area contributed by atoms with Gasteiger partial charge in [-0.05, 0) is 54.1 Å². The molecule has 6 rings (SSSR count). The Morgan fingerprint density at radius 1 is 0.491 bits per heavy atom. The summed E-state index contributed by atoms with van der Waals surface area (Å²) in [6.07, 6.45) is -6.26. The molecule has 14 heteroatoms. The van der Waals surface area contributed by atoms with Crippen molar-refractivity contribution in [2.75, 3.05) is 49.8 Å². The molecule has 0 amide bonds. The zero-order valence-corrected chi connectivity index (χ0v) is 32.0. The number of ether oxygens (including phenoxy) is 12. The van der Waals surface area contributed by atoms with Gasteiger partial charge in [-0.3, -0.25) is 9.59 Å². The number of hydrogen-bond donors (Lipinski definition) is 0. The number of hydrogen-bond acceptors (Lipinski definition) is 14. The maximum absolute atomic E-state index is 13.0. The molecule has 6 unspecified atom stereocenters. The molecule has 0 aromatic heterocycles. The quantitative estimate of drug-likeness (QED) is 0.134. The number of esters is 2. The summed E-state index contributed by atoms with van der Waals surface area (Å²) in [5.74, 6) is 2.30. The summed E-state index contributed by atoms with van der Waals surface area (Å²) in [6, 6.07) is 19.3. The Morgan fingerprint density at radius 3 is 1.35 bits per heavy atom. The van der Waals surface area contributed by atoms with Crippen LogP contribution in [0.5, 0.6) is 51.7 Å². The highest BCUT2D eigenvalue weighted by molar-refractivity contribution is 5.68. The van der Waals surface area contributed by atoms with E-state index in [4.69, 9.17) is 56.8 Å². The molecule has 4 aromatic carbocycles. The van der Waals surface area contributed by atoms with Gasteiger partial charge in [-0.2, -0.15) is 0 Å². The molecule has 0 aliphatic carbocycles. The Kier molecular flexibility index (Phi) is 11.6. The molecule has 6 atom stereocenters. The third kappa shape index (κ3) is 7.41. The van der Waals surface area contributed by atoms with Crippen molar-refractivity contribution < 1.29 is 66.4 Å². The zero-order valence-electron chi connectivity index (χ0n) is 32.0. The van der Waals surface area contributed by atoms with Crippen LogP contribution in [0.4, 0.5) is 0 Å². The molecule has 0 saturated heterocycles. The van der Waals surface area contributed by atoms with Crippen molar-refractivity contribution in [3.63, 3.8) is 0 Å². The molecule has 0 radical (unpaired) electrons. The summed E-state index contributed by atoms with van der Waals surface area (Å²) < 4.78 is 72.3. The summed E-state index contributed by atoms with van der Waals surface area (Å²) in [6.45, 7) is 2.61. The highest BCUT2D eigenvalue weighted by Crippen LogP contribution is 2.57. The van der Waals surface area contributed by atoms with Gasteiger partial charge in [0.05, 0.1) is 49.8 Å². The van der Waals surface area contributed by atoms with Gasteiger partial charge in [-0.15, -0.1) is 0 Å². The largest absolute Gasteiger partial charge is 0.497 e. The molecule has 55 heavy (non-hydrogen) atoms. The molecular formula is C41H44O14. The molecule has 0 saturated carbocycles. The molecule has 2 heterocycles. The van der Waals surface area contributed by atoms with Crippen molar-refractivity contribution in [2.24, 2.45) is 0 Å². The van der Waals surface area contributed by atoms with Crippen LogP contribution in [-0.2, 0) is 23.8 Å². The first kappa shape index (κ1) is 38.7. The SMILES string of the molecule is COc1ccc(C2Oc3c(ccc(OC)c3OC)C(OC3c4ccc(OC)c(OC)c4OC(c4ccc(OC)c(OC)c4)C3OC(C)=O)C2OC(C)=O)cc1. The fraction of sp³-hybridized carbons (Fsp3) is 0.366. The Bertz CT molecular complexity index is 2010. The molecule has 0 fully saturated rings. The monoisotopic (exact) mass is 760 g/mol. The van der Waals surface area contributed by atoms with E-state index in [-0.39, 0.29) is 11.5 Å². The van der Waals surface area contributed by atoms with Crippen LogP contribution < -0.4 is 42.6 Å².